The third kappa shape index (κ3) is 3.11. The van der Waals surface area contributed by atoms with Gasteiger partial charge < -0.3 is 10.2 Å². The van der Waals surface area contributed by atoms with Crippen molar-refractivity contribution in [3.05, 3.63) is 58.0 Å². The van der Waals surface area contributed by atoms with E-state index < -0.39 is 6.10 Å². The number of halogens is 1. The van der Waals surface area contributed by atoms with Crippen molar-refractivity contribution in [2.75, 3.05) is 0 Å². The van der Waals surface area contributed by atoms with Gasteiger partial charge in [-0.2, -0.15) is 0 Å². The second-order valence-corrected chi connectivity index (χ2v) is 5.65. The summed E-state index contributed by atoms with van der Waals surface area (Å²) in [5.74, 6) is -0.599. The number of carbonyl (C=O) groups is 1. The molecule has 1 aliphatic heterocycles. The minimum absolute atomic E-state index is 0.238. The largest absolute Gasteiger partial charge is 0.382 e. The van der Waals surface area contributed by atoms with Crippen molar-refractivity contribution in [2.24, 2.45) is 5.16 Å². The summed E-state index contributed by atoms with van der Waals surface area (Å²) >= 11 is 1.57. The first-order chi connectivity index (χ1) is 10.2. The molecule has 1 N–H and O–H groups in total. The van der Waals surface area contributed by atoms with Gasteiger partial charge in [0.15, 0.2) is 0 Å². The Morgan fingerprint density at radius 1 is 1.38 bits per heavy atom. The maximum Gasteiger partial charge on any atom is 0.264 e. The SMILES string of the molecule is O=C(NCc1cccs1)[C@H]1CC(c2ccccc2F)=NO1. The average Bonchev–Trinajstić information content (AvgIpc) is 3.17. The summed E-state index contributed by atoms with van der Waals surface area (Å²) in [6, 6.07) is 10.2. The van der Waals surface area contributed by atoms with Gasteiger partial charge >= 0.3 is 0 Å². The molecule has 2 aromatic rings. The molecule has 1 atom stereocenters. The summed E-state index contributed by atoms with van der Waals surface area (Å²) in [6.07, 6.45) is -0.420. The highest BCUT2D eigenvalue weighted by Crippen LogP contribution is 2.19. The Bertz CT molecular complexity index is 670. The molecule has 1 aliphatic rings. The Morgan fingerprint density at radius 3 is 3.00 bits per heavy atom. The van der Waals surface area contributed by atoms with E-state index in [1.54, 1.807) is 29.5 Å². The standard InChI is InChI=1S/C15H13FN2O2S/c16-12-6-2-1-5-11(12)13-8-14(20-18-13)15(19)17-9-10-4-3-7-21-10/h1-7,14H,8-9H2,(H,17,19)/t14-/m1/s1. The zero-order valence-corrected chi connectivity index (χ0v) is 11.9. The molecule has 2 heterocycles. The number of rotatable bonds is 4. The van der Waals surface area contributed by atoms with Crippen LogP contribution in [-0.2, 0) is 16.2 Å². The molecule has 0 bridgehead atoms. The Balaban J connectivity index is 1.58. The van der Waals surface area contributed by atoms with Crippen LogP contribution in [0.15, 0.2) is 46.9 Å². The molecule has 0 fully saturated rings. The third-order valence-corrected chi connectivity index (χ3v) is 4.04. The fourth-order valence-electron chi connectivity index (χ4n) is 2.07. The topological polar surface area (TPSA) is 50.7 Å². The molecule has 0 radical (unpaired) electrons. The predicted molar refractivity (Wildman–Crippen MR) is 78.6 cm³/mol. The molecular weight excluding hydrogens is 291 g/mol. The normalized spacial score (nSPS) is 17.2. The maximum absolute atomic E-state index is 13.7. The van der Waals surface area contributed by atoms with E-state index in [1.165, 1.54) is 6.07 Å². The molecule has 0 saturated carbocycles. The number of hydrogen-bond acceptors (Lipinski definition) is 4. The third-order valence-electron chi connectivity index (χ3n) is 3.16. The highest BCUT2D eigenvalue weighted by Gasteiger charge is 2.29. The summed E-state index contributed by atoms with van der Waals surface area (Å²) in [5, 5.41) is 8.58. The van der Waals surface area contributed by atoms with Crippen LogP contribution in [0, 0.1) is 5.82 Å². The summed E-state index contributed by atoms with van der Waals surface area (Å²) in [7, 11) is 0. The van der Waals surface area contributed by atoms with Crippen LogP contribution in [0.25, 0.3) is 0 Å². The average molecular weight is 304 g/mol. The van der Waals surface area contributed by atoms with E-state index in [4.69, 9.17) is 4.84 Å². The molecule has 1 amide bonds. The Morgan fingerprint density at radius 2 is 2.24 bits per heavy atom. The smallest absolute Gasteiger partial charge is 0.264 e. The number of amides is 1. The van der Waals surface area contributed by atoms with Crippen LogP contribution in [0.3, 0.4) is 0 Å². The van der Waals surface area contributed by atoms with Crippen molar-refractivity contribution in [3.8, 4) is 0 Å². The molecule has 3 rings (SSSR count). The summed E-state index contributed by atoms with van der Waals surface area (Å²) in [6.45, 7) is 0.464. The second-order valence-electron chi connectivity index (χ2n) is 4.61. The first-order valence-electron chi connectivity index (χ1n) is 6.52. The number of nitrogens with one attached hydrogen (secondary N) is 1. The summed E-state index contributed by atoms with van der Waals surface area (Å²) < 4.78 is 13.7. The Hall–Kier alpha value is -2.21. The predicted octanol–water partition coefficient (Wildman–Crippen LogP) is 2.70. The van der Waals surface area contributed by atoms with Crippen molar-refractivity contribution in [1.82, 2.24) is 5.32 Å². The highest BCUT2D eigenvalue weighted by molar-refractivity contribution is 7.09. The maximum atomic E-state index is 13.7. The Kier molecular flexibility index (Phi) is 3.96. The first-order valence-corrected chi connectivity index (χ1v) is 7.39. The van der Waals surface area contributed by atoms with E-state index >= 15 is 0 Å². The zero-order chi connectivity index (χ0) is 14.7. The van der Waals surface area contributed by atoms with Gasteiger partial charge in [-0.1, -0.05) is 29.4 Å². The highest BCUT2D eigenvalue weighted by atomic mass is 32.1. The molecule has 0 unspecified atom stereocenters. The minimum Gasteiger partial charge on any atom is -0.382 e. The molecule has 0 spiro atoms. The molecule has 1 aromatic carbocycles. The number of hydrogen-bond donors (Lipinski definition) is 1. The van der Waals surface area contributed by atoms with Gasteiger partial charge in [-0.3, -0.25) is 4.79 Å². The molecule has 4 nitrogen and oxygen atoms in total. The number of carbonyl (C=O) groups excluding carboxylic acids is 1. The minimum atomic E-state index is -0.695. The molecule has 6 heteroatoms. The van der Waals surface area contributed by atoms with Crippen LogP contribution in [-0.4, -0.2) is 17.7 Å². The summed E-state index contributed by atoms with van der Waals surface area (Å²) in [5.41, 5.74) is 0.843. The molecule has 21 heavy (non-hydrogen) atoms. The zero-order valence-electron chi connectivity index (χ0n) is 11.1. The molecule has 0 saturated heterocycles. The van der Waals surface area contributed by atoms with Gasteiger partial charge in [0.05, 0.1) is 12.3 Å². The van der Waals surface area contributed by atoms with Gasteiger partial charge in [-0.05, 0) is 17.5 Å². The van der Waals surface area contributed by atoms with Gasteiger partial charge in [0, 0.05) is 16.9 Å². The van der Waals surface area contributed by atoms with Crippen molar-refractivity contribution >= 4 is 23.0 Å². The van der Waals surface area contributed by atoms with Gasteiger partial charge in [0.1, 0.15) is 5.82 Å². The quantitative estimate of drug-likeness (QED) is 0.944. The van der Waals surface area contributed by atoms with Crippen LogP contribution >= 0.6 is 11.3 Å². The van der Waals surface area contributed by atoms with Crippen molar-refractivity contribution in [3.63, 3.8) is 0 Å². The van der Waals surface area contributed by atoms with Crippen LogP contribution in [0.5, 0.6) is 0 Å². The molecule has 108 valence electrons. The van der Waals surface area contributed by atoms with E-state index in [0.29, 0.717) is 17.8 Å². The number of benzene rings is 1. The van der Waals surface area contributed by atoms with Crippen molar-refractivity contribution in [1.29, 1.82) is 0 Å². The Labute approximate surface area is 125 Å². The van der Waals surface area contributed by atoms with E-state index in [9.17, 15) is 9.18 Å². The van der Waals surface area contributed by atoms with E-state index in [2.05, 4.69) is 10.5 Å². The lowest BCUT2D eigenvalue weighted by atomic mass is 10.0. The first kappa shape index (κ1) is 13.8. The summed E-state index contributed by atoms with van der Waals surface area (Å²) in [4.78, 5) is 18.2. The fraction of sp³-hybridized carbons (Fsp3) is 0.200. The molecule has 0 aliphatic carbocycles. The van der Waals surface area contributed by atoms with Crippen LogP contribution in [0.4, 0.5) is 4.39 Å². The molecule has 1 aromatic heterocycles. The fourth-order valence-corrected chi connectivity index (χ4v) is 2.72. The van der Waals surface area contributed by atoms with Gasteiger partial charge in [0.2, 0.25) is 6.10 Å². The van der Waals surface area contributed by atoms with Crippen molar-refractivity contribution < 1.29 is 14.0 Å². The van der Waals surface area contributed by atoms with Crippen LogP contribution in [0.1, 0.15) is 16.9 Å². The van der Waals surface area contributed by atoms with Gasteiger partial charge in [-0.25, -0.2) is 4.39 Å². The van der Waals surface area contributed by atoms with E-state index in [-0.39, 0.29) is 18.1 Å². The monoisotopic (exact) mass is 304 g/mol. The van der Waals surface area contributed by atoms with Gasteiger partial charge in [0.25, 0.3) is 5.91 Å². The number of oxime groups is 1. The lowest BCUT2D eigenvalue weighted by Gasteiger charge is -2.08. The van der Waals surface area contributed by atoms with E-state index in [0.717, 1.165) is 4.88 Å². The lowest BCUT2D eigenvalue weighted by Crippen LogP contribution is -2.34. The van der Waals surface area contributed by atoms with Crippen molar-refractivity contribution in [2.45, 2.75) is 19.1 Å². The lowest BCUT2D eigenvalue weighted by molar-refractivity contribution is -0.131. The van der Waals surface area contributed by atoms with Crippen LogP contribution in [0.2, 0.25) is 0 Å². The number of thiophene rings is 1. The second kappa shape index (κ2) is 6.05. The van der Waals surface area contributed by atoms with E-state index in [1.807, 2.05) is 17.5 Å². The van der Waals surface area contributed by atoms with Gasteiger partial charge in [-0.15, -0.1) is 11.3 Å². The number of nitrogens with zero attached hydrogens (tertiary/aromatic N) is 1. The molecular formula is C15H13FN2O2S. The van der Waals surface area contributed by atoms with Crippen LogP contribution < -0.4 is 5.32 Å².